The number of hydrogen-bond donors (Lipinski definition) is 0. The summed E-state index contributed by atoms with van der Waals surface area (Å²) in [6.45, 7) is 8.81. The molecule has 0 aromatic carbocycles. The first kappa shape index (κ1) is 8.96. The largest absolute Gasteiger partial charge is 0.379 e. The fourth-order valence-electron chi connectivity index (χ4n) is 0.869. The van der Waals surface area contributed by atoms with Crippen molar-refractivity contribution in [2.75, 3.05) is 6.61 Å². The predicted octanol–water partition coefficient (Wildman–Crippen LogP) is 2.42. The average Bonchev–Trinajstić information content (AvgIpc) is 1.88. The van der Waals surface area contributed by atoms with Crippen LogP contribution in [0, 0.1) is 6.92 Å². The van der Waals surface area contributed by atoms with E-state index in [-0.39, 0.29) is 0 Å². The molecule has 1 radical (unpaired) electrons. The Labute approximate surface area is 58.4 Å². The summed E-state index contributed by atoms with van der Waals surface area (Å²) in [6.07, 6.45) is 3.65. The van der Waals surface area contributed by atoms with E-state index in [0.29, 0.717) is 6.10 Å². The van der Waals surface area contributed by atoms with Crippen LogP contribution in [-0.2, 0) is 4.74 Å². The molecule has 1 unspecified atom stereocenters. The van der Waals surface area contributed by atoms with Crippen molar-refractivity contribution < 1.29 is 4.74 Å². The van der Waals surface area contributed by atoms with E-state index in [4.69, 9.17) is 4.74 Å². The van der Waals surface area contributed by atoms with Crippen LogP contribution < -0.4 is 0 Å². The molecule has 0 saturated heterocycles. The maximum atomic E-state index is 5.37. The normalized spacial score (nSPS) is 13.7. The van der Waals surface area contributed by atoms with Crippen LogP contribution in [0.4, 0.5) is 0 Å². The van der Waals surface area contributed by atoms with Gasteiger partial charge in [0.2, 0.25) is 0 Å². The lowest BCUT2D eigenvalue weighted by molar-refractivity contribution is 0.0581. The highest BCUT2D eigenvalue weighted by molar-refractivity contribution is 4.57. The molecule has 0 aliphatic carbocycles. The van der Waals surface area contributed by atoms with Crippen LogP contribution in [0.5, 0.6) is 0 Å². The van der Waals surface area contributed by atoms with Crippen molar-refractivity contribution in [2.24, 2.45) is 0 Å². The van der Waals surface area contributed by atoms with E-state index in [9.17, 15) is 0 Å². The van der Waals surface area contributed by atoms with Gasteiger partial charge in [-0.25, -0.2) is 0 Å². The first-order valence-corrected chi connectivity index (χ1v) is 3.76. The molecule has 1 atom stereocenters. The third-order valence-corrected chi connectivity index (χ3v) is 1.33. The minimum atomic E-state index is 0.403. The maximum absolute atomic E-state index is 5.37. The second-order valence-corrected chi connectivity index (χ2v) is 2.15. The van der Waals surface area contributed by atoms with Crippen molar-refractivity contribution in [3.05, 3.63) is 6.92 Å². The molecule has 0 saturated carbocycles. The van der Waals surface area contributed by atoms with Gasteiger partial charge in [0, 0.05) is 6.61 Å². The van der Waals surface area contributed by atoms with Gasteiger partial charge in [0.05, 0.1) is 6.10 Å². The molecule has 0 spiro atoms. The third kappa shape index (κ3) is 4.46. The van der Waals surface area contributed by atoms with Gasteiger partial charge in [-0.3, -0.25) is 0 Å². The molecule has 9 heavy (non-hydrogen) atoms. The number of rotatable bonds is 5. The molecule has 0 aromatic heterocycles. The average molecular weight is 129 g/mol. The molecule has 0 aliphatic rings. The Morgan fingerprint density at radius 2 is 2.11 bits per heavy atom. The van der Waals surface area contributed by atoms with Gasteiger partial charge in [0.25, 0.3) is 0 Å². The highest BCUT2D eigenvalue weighted by Crippen LogP contribution is 2.04. The van der Waals surface area contributed by atoms with E-state index in [2.05, 4.69) is 13.8 Å². The van der Waals surface area contributed by atoms with E-state index < -0.39 is 0 Å². The van der Waals surface area contributed by atoms with E-state index in [1.54, 1.807) is 0 Å². The summed E-state index contributed by atoms with van der Waals surface area (Å²) in [5.74, 6) is 0. The lowest BCUT2D eigenvalue weighted by Crippen LogP contribution is -2.10. The highest BCUT2D eigenvalue weighted by atomic mass is 16.5. The Kier molecular flexibility index (Phi) is 6.06. The zero-order valence-electron chi connectivity index (χ0n) is 6.52. The van der Waals surface area contributed by atoms with Crippen LogP contribution >= 0.6 is 0 Å². The Hall–Kier alpha value is -0.0400. The second kappa shape index (κ2) is 6.09. The van der Waals surface area contributed by atoms with Gasteiger partial charge in [0.1, 0.15) is 0 Å². The second-order valence-electron chi connectivity index (χ2n) is 2.15. The Balaban J connectivity index is 3.18. The van der Waals surface area contributed by atoms with Gasteiger partial charge in [0.15, 0.2) is 0 Å². The molecule has 0 bridgehead atoms. The standard InChI is InChI=1S/C8H17O/c1-4-7-8(5-2)9-6-3/h8H,2,4-7H2,1,3H3. The molecule has 0 heterocycles. The Morgan fingerprint density at radius 3 is 2.44 bits per heavy atom. The predicted molar refractivity (Wildman–Crippen MR) is 40.3 cm³/mol. The van der Waals surface area contributed by atoms with Gasteiger partial charge in [-0.2, -0.15) is 0 Å². The van der Waals surface area contributed by atoms with E-state index >= 15 is 0 Å². The Bertz CT molecular complexity index is 46.5. The van der Waals surface area contributed by atoms with E-state index in [1.807, 2.05) is 6.92 Å². The first-order chi connectivity index (χ1) is 4.35. The summed E-state index contributed by atoms with van der Waals surface area (Å²) < 4.78 is 5.37. The number of hydrogen-bond acceptors (Lipinski definition) is 1. The van der Waals surface area contributed by atoms with Crippen molar-refractivity contribution in [2.45, 2.75) is 39.2 Å². The molecule has 0 N–H and O–H groups in total. The monoisotopic (exact) mass is 129 g/mol. The van der Waals surface area contributed by atoms with Gasteiger partial charge in [-0.15, -0.1) is 0 Å². The molecule has 0 aromatic rings. The highest BCUT2D eigenvalue weighted by Gasteiger charge is 2.01. The quantitative estimate of drug-likeness (QED) is 0.554. The fraction of sp³-hybridized carbons (Fsp3) is 0.875. The van der Waals surface area contributed by atoms with Crippen molar-refractivity contribution in [3.8, 4) is 0 Å². The lowest BCUT2D eigenvalue weighted by Gasteiger charge is -2.12. The van der Waals surface area contributed by atoms with Crippen molar-refractivity contribution in [1.29, 1.82) is 0 Å². The molecule has 0 rings (SSSR count). The first-order valence-electron chi connectivity index (χ1n) is 3.76. The van der Waals surface area contributed by atoms with Crippen LogP contribution in [0.25, 0.3) is 0 Å². The molecule has 0 amide bonds. The van der Waals surface area contributed by atoms with Crippen molar-refractivity contribution in [3.63, 3.8) is 0 Å². The summed E-state index contributed by atoms with van der Waals surface area (Å²) >= 11 is 0. The molecule has 0 fully saturated rings. The molecular formula is C8H17O. The number of ether oxygens (including phenoxy) is 1. The van der Waals surface area contributed by atoms with Gasteiger partial charge >= 0.3 is 0 Å². The Morgan fingerprint density at radius 1 is 1.44 bits per heavy atom. The topological polar surface area (TPSA) is 9.23 Å². The molecule has 1 nitrogen and oxygen atoms in total. The van der Waals surface area contributed by atoms with E-state index in [1.165, 1.54) is 6.42 Å². The SMILES string of the molecule is [CH2]CC(CCC)OCC. The van der Waals surface area contributed by atoms with Gasteiger partial charge < -0.3 is 4.74 Å². The third-order valence-electron chi connectivity index (χ3n) is 1.33. The van der Waals surface area contributed by atoms with Gasteiger partial charge in [-0.1, -0.05) is 20.3 Å². The fourth-order valence-corrected chi connectivity index (χ4v) is 0.869. The zero-order valence-corrected chi connectivity index (χ0v) is 6.52. The summed E-state index contributed by atoms with van der Waals surface area (Å²) in [5, 5.41) is 0. The van der Waals surface area contributed by atoms with Crippen LogP contribution in [0.2, 0.25) is 0 Å². The zero-order chi connectivity index (χ0) is 7.11. The molecule has 1 heteroatoms. The molecular weight excluding hydrogens is 112 g/mol. The molecule has 55 valence electrons. The van der Waals surface area contributed by atoms with Crippen LogP contribution in [0.1, 0.15) is 33.1 Å². The van der Waals surface area contributed by atoms with Crippen molar-refractivity contribution in [1.82, 2.24) is 0 Å². The van der Waals surface area contributed by atoms with Crippen LogP contribution in [0.15, 0.2) is 0 Å². The smallest absolute Gasteiger partial charge is 0.0574 e. The van der Waals surface area contributed by atoms with Crippen LogP contribution in [0.3, 0.4) is 0 Å². The minimum Gasteiger partial charge on any atom is -0.379 e. The summed E-state index contributed by atoms with van der Waals surface area (Å²) in [7, 11) is 0. The van der Waals surface area contributed by atoms with E-state index in [0.717, 1.165) is 19.4 Å². The summed E-state index contributed by atoms with van der Waals surface area (Å²) in [4.78, 5) is 0. The van der Waals surface area contributed by atoms with Crippen molar-refractivity contribution >= 4 is 0 Å². The summed E-state index contributed by atoms with van der Waals surface area (Å²) in [6, 6.07) is 0. The maximum Gasteiger partial charge on any atom is 0.0574 e. The van der Waals surface area contributed by atoms with Crippen LogP contribution in [-0.4, -0.2) is 12.7 Å². The molecule has 0 aliphatic heterocycles. The summed E-state index contributed by atoms with van der Waals surface area (Å²) in [5.41, 5.74) is 0. The lowest BCUT2D eigenvalue weighted by atomic mass is 10.2. The van der Waals surface area contributed by atoms with Gasteiger partial charge in [-0.05, 0) is 19.8 Å². The minimum absolute atomic E-state index is 0.403.